The summed E-state index contributed by atoms with van der Waals surface area (Å²) in [5.74, 6) is 1.20. The van der Waals surface area contributed by atoms with Crippen molar-refractivity contribution in [2.75, 3.05) is 0 Å². The van der Waals surface area contributed by atoms with Gasteiger partial charge in [-0.25, -0.2) is 0 Å². The van der Waals surface area contributed by atoms with E-state index in [1.54, 1.807) is 6.92 Å². The van der Waals surface area contributed by atoms with Gasteiger partial charge in [0.15, 0.2) is 5.78 Å². The molecule has 0 aliphatic heterocycles. The maximum Gasteiger partial charge on any atom is 0.302 e. The highest BCUT2D eigenvalue weighted by molar-refractivity contribution is 5.95. The highest BCUT2D eigenvalue weighted by atomic mass is 16.5. The SMILES string of the molecule is CC(=O)OC1CCC2(C)C(=CC(=O)C3C2CCC2(C)C(C(C)=O)CCC32)C1. The van der Waals surface area contributed by atoms with Gasteiger partial charge in [0, 0.05) is 25.2 Å². The topological polar surface area (TPSA) is 60.4 Å². The molecule has 7 atom stereocenters. The molecule has 0 N–H and O–H groups in total. The van der Waals surface area contributed by atoms with Crippen molar-refractivity contribution < 1.29 is 19.1 Å². The molecule has 3 saturated carbocycles. The van der Waals surface area contributed by atoms with E-state index < -0.39 is 0 Å². The molecule has 7 unspecified atom stereocenters. The molecule has 27 heavy (non-hydrogen) atoms. The van der Waals surface area contributed by atoms with Gasteiger partial charge in [-0.2, -0.15) is 0 Å². The number of allylic oxidation sites excluding steroid dienone is 1. The van der Waals surface area contributed by atoms with Gasteiger partial charge in [-0.1, -0.05) is 19.4 Å². The molecule has 0 amide bonds. The zero-order valence-electron chi connectivity index (χ0n) is 17.0. The van der Waals surface area contributed by atoms with E-state index in [0.717, 1.165) is 38.5 Å². The van der Waals surface area contributed by atoms with Crippen LogP contribution in [0, 0.1) is 34.5 Å². The molecule has 4 nitrogen and oxygen atoms in total. The van der Waals surface area contributed by atoms with Crippen molar-refractivity contribution in [1.82, 2.24) is 0 Å². The van der Waals surface area contributed by atoms with Crippen molar-refractivity contribution in [3.63, 3.8) is 0 Å². The Labute approximate surface area is 162 Å². The van der Waals surface area contributed by atoms with E-state index in [1.807, 2.05) is 6.08 Å². The van der Waals surface area contributed by atoms with Crippen LogP contribution in [0.2, 0.25) is 0 Å². The second-order valence-electron chi connectivity index (χ2n) is 9.99. The Balaban J connectivity index is 1.65. The first-order chi connectivity index (χ1) is 12.7. The Morgan fingerprint density at radius 2 is 1.78 bits per heavy atom. The normalized spacial score (nSPS) is 46.0. The van der Waals surface area contributed by atoms with Crippen molar-refractivity contribution in [3.8, 4) is 0 Å². The number of hydrogen-bond acceptors (Lipinski definition) is 4. The van der Waals surface area contributed by atoms with Crippen LogP contribution in [0.4, 0.5) is 0 Å². The summed E-state index contributed by atoms with van der Waals surface area (Å²) in [5.41, 5.74) is 1.21. The van der Waals surface area contributed by atoms with E-state index >= 15 is 0 Å². The molecule has 4 heteroatoms. The molecule has 0 heterocycles. The average Bonchev–Trinajstić information content (AvgIpc) is 2.93. The van der Waals surface area contributed by atoms with Crippen LogP contribution >= 0.6 is 0 Å². The van der Waals surface area contributed by atoms with Crippen LogP contribution in [-0.2, 0) is 19.1 Å². The molecular weight excluding hydrogens is 340 g/mol. The Bertz CT molecular complexity index is 722. The molecule has 0 saturated heterocycles. The number of ether oxygens (including phenoxy) is 1. The first-order valence-corrected chi connectivity index (χ1v) is 10.6. The summed E-state index contributed by atoms with van der Waals surface area (Å²) < 4.78 is 5.45. The summed E-state index contributed by atoms with van der Waals surface area (Å²) in [6, 6.07) is 0. The summed E-state index contributed by atoms with van der Waals surface area (Å²) in [5, 5.41) is 0. The number of rotatable bonds is 2. The van der Waals surface area contributed by atoms with E-state index in [2.05, 4.69) is 13.8 Å². The maximum atomic E-state index is 13.2. The average molecular weight is 373 g/mol. The molecule has 0 radical (unpaired) electrons. The van der Waals surface area contributed by atoms with Gasteiger partial charge < -0.3 is 4.74 Å². The molecule has 4 rings (SSSR count). The van der Waals surface area contributed by atoms with Gasteiger partial charge in [0.25, 0.3) is 0 Å². The molecule has 0 bridgehead atoms. The van der Waals surface area contributed by atoms with Crippen molar-refractivity contribution in [2.24, 2.45) is 34.5 Å². The van der Waals surface area contributed by atoms with Crippen LogP contribution in [-0.4, -0.2) is 23.6 Å². The number of fused-ring (bicyclic) bond motifs is 5. The minimum atomic E-state index is -0.237. The van der Waals surface area contributed by atoms with Gasteiger partial charge in [-0.05, 0) is 74.2 Å². The third-order valence-electron chi connectivity index (χ3n) is 8.72. The molecule has 0 spiro atoms. The number of carbonyl (C=O) groups is 3. The smallest absolute Gasteiger partial charge is 0.302 e. The van der Waals surface area contributed by atoms with E-state index in [1.165, 1.54) is 12.5 Å². The highest BCUT2D eigenvalue weighted by Crippen LogP contribution is 2.65. The van der Waals surface area contributed by atoms with Crippen LogP contribution in [0.5, 0.6) is 0 Å². The Morgan fingerprint density at radius 3 is 2.44 bits per heavy atom. The van der Waals surface area contributed by atoms with E-state index in [-0.39, 0.29) is 40.5 Å². The second-order valence-corrected chi connectivity index (χ2v) is 9.99. The second kappa shape index (κ2) is 6.28. The lowest BCUT2D eigenvalue weighted by Gasteiger charge is -2.57. The van der Waals surface area contributed by atoms with Crippen molar-refractivity contribution in [2.45, 2.75) is 78.7 Å². The fourth-order valence-corrected chi connectivity index (χ4v) is 7.37. The predicted octanol–water partition coefficient (Wildman–Crippen LogP) is 4.27. The third kappa shape index (κ3) is 2.74. The largest absolute Gasteiger partial charge is 0.462 e. The number of hydrogen-bond donors (Lipinski definition) is 0. The Morgan fingerprint density at radius 1 is 1.04 bits per heavy atom. The predicted molar refractivity (Wildman–Crippen MR) is 102 cm³/mol. The Hall–Kier alpha value is -1.45. The highest BCUT2D eigenvalue weighted by Gasteiger charge is 2.61. The van der Waals surface area contributed by atoms with Gasteiger partial charge in [0.1, 0.15) is 11.9 Å². The van der Waals surface area contributed by atoms with Gasteiger partial charge in [-0.15, -0.1) is 0 Å². The van der Waals surface area contributed by atoms with Gasteiger partial charge in [0.05, 0.1) is 0 Å². The third-order valence-corrected chi connectivity index (χ3v) is 8.72. The van der Waals surface area contributed by atoms with Crippen LogP contribution < -0.4 is 0 Å². The van der Waals surface area contributed by atoms with Crippen molar-refractivity contribution in [3.05, 3.63) is 11.6 Å². The molecule has 4 aliphatic carbocycles. The lowest BCUT2D eigenvalue weighted by Crippen LogP contribution is -2.54. The molecule has 0 aromatic rings. The molecule has 148 valence electrons. The number of ketones is 2. The monoisotopic (exact) mass is 372 g/mol. The lowest BCUT2D eigenvalue weighted by molar-refractivity contribution is -0.149. The van der Waals surface area contributed by atoms with Crippen LogP contribution in [0.25, 0.3) is 0 Å². The summed E-state index contributed by atoms with van der Waals surface area (Å²) in [7, 11) is 0. The number of carbonyl (C=O) groups excluding carboxylic acids is 3. The van der Waals surface area contributed by atoms with Crippen molar-refractivity contribution in [1.29, 1.82) is 0 Å². The first-order valence-electron chi connectivity index (χ1n) is 10.6. The lowest BCUT2D eigenvalue weighted by atomic mass is 9.47. The van der Waals surface area contributed by atoms with E-state index in [9.17, 15) is 14.4 Å². The van der Waals surface area contributed by atoms with Crippen LogP contribution in [0.1, 0.15) is 72.6 Å². The van der Waals surface area contributed by atoms with Crippen LogP contribution in [0.15, 0.2) is 11.6 Å². The summed E-state index contributed by atoms with van der Waals surface area (Å²) in [6.45, 7) is 7.77. The van der Waals surface area contributed by atoms with Crippen LogP contribution in [0.3, 0.4) is 0 Å². The molecule has 4 aliphatic rings. The first kappa shape index (κ1) is 18.9. The fourth-order valence-electron chi connectivity index (χ4n) is 7.37. The van der Waals surface area contributed by atoms with Gasteiger partial charge in [0.2, 0.25) is 0 Å². The minimum Gasteiger partial charge on any atom is -0.462 e. The zero-order chi connectivity index (χ0) is 19.6. The number of Topliss-reactive ketones (excluding diaryl/α,β-unsaturated/α-hetero) is 1. The fraction of sp³-hybridized carbons (Fsp3) is 0.783. The maximum absolute atomic E-state index is 13.2. The quantitative estimate of drug-likeness (QED) is 0.679. The molecule has 0 aromatic heterocycles. The zero-order valence-corrected chi connectivity index (χ0v) is 17.0. The standard InChI is InChI=1S/C23H32O4/c1-13(24)17-5-6-18-21-19(8-10-23(17,18)4)22(3)9-7-16(27-14(2)25)11-15(22)12-20(21)26/h12,16-19,21H,5-11H2,1-4H3. The molecular formula is C23H32O4. The van der Waals surface area contributed by atoms with E-state index in [4.69, 9.17) is 4.74 Å². The van der Waals surface area contributed by atoms with Gasteiger partial charge in [-0.3, -0.25) is 14.4 Å². The summed E-state index contributed by atoms with van der Waals surface area (Å²) >= 11 is 0. The molecule has 3 fully saturated rings. The minimum absolute atomic E-state index is 0.0146. The number of esters is 1. The van der Waals surface area contributed by atoms with Crippen molar-refractivity contribution >= 4 is 17.5 Å². The van der Waals surface area contributed by atoms with E-state index in [0.29, 0.717) is 24.0 Å². The summed E-state index contributed by atoms with van der Waals surface area (Å²) in [6.07, 6.45) is 8.37. The summed E-state index contributed by atoms with van der Waals surface area (Å²) in [4.78, 5) is 36.8. The van der Waals surface area contributed by atoms with Gasteiger partial charge >= 0.3 is 5.97 Å². The Kier molecular flexibility index (Phi) is 4.40. The molecule has 0 aromatic carbocycles.